The minimum atomic E-state index is -5.35. The van der Waals surface area contributed by atoms with Gasteiger partial charge in [0.05, 0.1) is 0 Å². The molecule has 0 aliphatic carbocycles. The molecule has 0 aromatic rings. The number of amides is 2. The van der Waals surface area contributed by atoms with Crippen LogP contribution in [0.4, 0.5) is 0 Å². The summed E-state index contributed by atoms with van der Waals surface area (Å²) in [5.74, 6) is -5.93. The van der Waals surface area contributed by atoms with Crippen molar-refractivity contribution in [1.82, 2.24) is 10.6 Å². The fraction of sp³-hybridized carbons (Fsp3) is 0.731. The first-order valence-corrected chi connectivity index (χ1v) is 15.7. The predicted octanol–water partition coefficient (Wildman–Crippen LogP) is -2.14. The van der Waals surface area contributed by atoms with E-state index in [1.807, 2.05) is 0 Å². The smallest absolute Gasteiger partial charge is 0.463 e. The third-order valence-corrected chi connectivity index (χ3v) is 6.86. The van der Waals surface area contributed by atoms with Gasteiger partial charge >= 0.3 is 37.7 Å². The van der Waals surface area contributed by atoms with Crippen LogP contribution in [0.25, 0.3) is 0 Å². The highest BCUT2D eigenvalue weighted by molar-refractivity contribution is 7.46. The van der Waals surface area contributed by atoms with Crippen molar-refractivity contribution < 1.29 is 90.3 Å². The number of hydrogen-bond donors (Lipinski definition) is 4. The number of nitrogens with one attached hydrogen (secondary N) is 2. The zero-order valence-corrected chi connectivity index (χ0v) is 27.9. The molecule has 10 atom stereocenters. The van der Waals surface area contributed by atoms with Gasteiger partial charge in [-0.25, -0.2) is 4.57 Å². The molecule has 2 heterocycles. The van der Waals surface area contributed by atoms with Gasteiger partial charge in [-0.2, -0.15) is 0 Å². The Morgan fingerprint density at radius 1 is 0.583 bits per heavy atom. The second kappa shape index (κ2) is 17.6. The van der Waals surface area contributed by atoms with E-state index in [1.165, 1.54) is 0 Å². The third-order valence-electron chi connectivity index (χ3n) is 6.37. The van der Waals surface area contributed by atoms with Crippen LogP contribution in [0, 0.1) is 0 Å². The Bertz CT molecular complexity index is 1270. The minimum Gasteiger partial charge on any atom is -0.463 e. The molecule has 2 amide bonds. The molecule has 0 aromatic carbocycles. The molecule has 0 radical (unpaired) electrons. The molecule has 2 aliphatic rings. The summed E-state index contributed by atoms with van der Waals surface area (Å²) < 4.78 is 60.8. The van der Waals surface area contributed by atoms with E-state index in [0.29, 0.717) is 0 Å². The van der Waals surface area contributed by atoms with E-state index in [9.17, 15) is 47.9 Å². The van der Waals surface area contributed by atoms with Crippen molar-refractivity contribution in [3.05, 3.63) is 0 Å². The van der Waals surface area contributed by atoms with Crippen LogP contribution >= 0.6 is 7.82 Å². The van der Waals surface area contributed by atoms with Crippen molar-refractivity contribution >= 4 is 49.5 Å². The number of carbonyl (C=O) groups excluding carboxylic acids is 7. The molecule has 0 saturated carbocycles. The average Bonchev–Trinajstić information content (AvgIpc) is 2.90. The molecule has 0 unspecified atom stereocenters. The molecule has 272 valence electrons. The van der Waals surface area contributed by atoms with E-state index in [-0.39, 0.29) is 0 Å². The highest BCUT2D eigenvalue weighted by atomic mass is 31.2. The SMILES string of the molecule is CC(=O)N[C@H]1[C@H](O[C@H]2[C@H](OC(C)=O)[C@@H](NC(C)=O)[C@@H](OP(=O)(O)O)O[C@@H]2COC(C)=O)O[C@H](COC(C)=O)[C@@H](OC(C)=O)[C@@H]1OC(C)=O. The minimum absolute atomic E-state index is 0.601. The van der Waals surface area contributed by atoms with Crippen LogP contribution in [-0.4, -0.2) is 126 Å². The summed E-state index contributed by atoms with van der Waals surface area (Å²) in [6.45, 7) is 5.90. The number of esters is 5. The van der Waals surface area contributed by atoms with Gasteiger partial charge in [0.15, 0.2) is 30.9 Å². The monoisotopic (exact) mass is 714 g/mol. The molecule has 22 heteroatoms. The first kappa shape index (κ1) is 40.5. The molecular weight excluding hydrogens is 675 g/mol. The lowest BCUT2D eigenvalue weighted by atomic mass is 9.94. The number of phosphoric acid groups is 1. The largest absolute Gasteiger partial charge is 0.472 e. The summed E-state index contributed by atoms with van der Waals surface area (Å²) in [5, 5.41) is 4.79. The van der Waals surface area contributed by atoms with Gasteiger partial charge < -0.3 is 58.3 Å². The molecule has 2 rings (SSSR count). The van der Waals surface area contributed by atoms with Gasteiger partial charge in [0.25, 0.3) is 0 Å². The number of hydrogen-bond acceptors (Lipinski definition) is 17. The molecule has 21 nitrogen and oxygen atoms in total. The Kier molecular flexibility index (Phi) is 14.8. The first-order valence-electron chi connectivity index (χ1n) is 14.2. The Balaban J connectivity index is 2.75. The van der Waals surface area contributed by atoms with E-state index < -0.39 is 124 Å². The van der Waals surface area contributed by atoms with Crippen molar-refractivity contribution in [3.63, 3.8) is 0 Å². The van der Waals surface area contributed by atoms with E-state index in [0.717, 1.165) is 48.5 Å². The van der Waals surface area contributed by atoms with Crippen molar-refractivity contribution in [1.29, 1.82) is 0 Å². The Labute approximate surface area is 273 Å². The lowest BCUT2D eigenvalue weighted by Crippen LogP contribution is -2.70. The van der Waals surface area contributed by atoms with Crippen LogP contribution in [0.3, 0.4) is 0 Å². The van der Waals surface area contributed by atoms with E-state index >= 15 is 0 Å². The van der Waals surface area contributed by atoms with E-state index in [2.05, 4.69) is 10.6 Å². The molecule has 48 heavy (non-hydrogen) atoms. The highest BCUT2D eigenvalue weighted by Gasteiger charge is 2.56. The highest BCUT2D eigenvalue weighted by Crippen LogP contribution is 2.42. The molecule has 2 fully saturated rings. The topological polar surface area (TPSA) is 284 Å². The molecule has 0 bridgehead atoms. The zero-order chi connectivity index (χ0) is 36.5. The molecule has 0 spiro atoms. The standard InChI is InChI=1S/C26H39N2O19P/c1-10(29)27-19-23(42-15(6)34)21(41-14(5)33)17(8-39-12(3)31)44-25(19)46-22-18(9-40-13(4)32)45-26(47-48(36,37)38)20(28-11(2)30)24(22)43-16(7)35/h17-26H,8-9H2,1-7H3,(H,27,29)(H,28,30)(H2,36,37,38)/t17-,18-,19-,20-,21-,22-,23-,24-,25+,26-/m1/s1. The van der Waals surface area contributed by atoms with Crippen molar-refractivity contribution in [2.24, 2.45) is 0 Å². The maximum Gasteiger partial charge on any atom is 0.472 e. The van der Waals surface area contributed by atoms with Crippen molar-refractivity contribution in [2.75, 3.05) is 13.2 Å². The van der Waals surface area contributed by atoms with Crippen LogP contribution in [-0.2, 0) is 80.5 Å². The second-order valence-electron chi connectivity index (χ2n) is 10.6. The normalized spacial score (nSPS) is 30.2. The fourth-order valence-corrected chi connectivity index (χ4v) is 5.36. The molecule has 2 aliphatic heterocycles. The lowest BCUT2D eigenvalue weighted by Gasteiger charge is -2.49. The quantitative estimate of drug-likeness (QED) is 0.0899. The lowest BCUT2D eigenvalue weighted by molar-refractivity contribution is -0.328. The fourth-order valence-electron chi connectivity index (χ4n) is 4.91. The third kappa shape index (κ3) is 12.7. The summed E-state index contributed by atoms with van der Waals surface area (Å²) in [6.07, 6.45) is -13.4. The van der Waals surface area contributed by atoms with E-state index in [4.69, 9.17) is 42.4 Å². The van der Waals surface area contributed by atoms with Gasteiger partial charge in [0.2, 0.25) is 11.8 Å². The molecule has 4 N–H and O–H groups in total. The molecule has 2 saturated heterocycles. The van der Waals surface area contributed by atoms with Crippen molar-refractivity contribution in [3.8, 4) is 0 Å². The number of ether oxygens (including phenoxy) is 8. The number of carbonyl (C=O) groups is 7. The number of phosphoric ester groups is 1. The summed E-state index contributed by atoms with van der Waals surface area (Å²) in [6, 6.07) is -3.23. The summed E-state index contributed by atoms with van der Waals surface area (Å²) >= 11 is 0. The molecule has 0 aromatic heterocycles. The second-order valence-corrected chi connectivity index (χ2v) is 11.8. The maximum absolute atomic E-state index is 12.4. The van der Waals surface area contributed by atoms with Crippen LogP contribution in [0.15, 0.2) is 0 Å². The van der Waals surface area contributed by atoms with Gasteiger partial charge in [0, 0.05) is 48.5 Å². The van der Waals surface area contributed by atoms with Crippen LogP contribution in [0.2, 0.25) is 0 Å². The predicted molar refractivity (Wildman–Crippen MR) is 150 cm³/mol. The van der Waals surface area contributed by atoms with Gasteiger partial charge in [-0.1, -0.05) is 0 Å². The Hall–Kier alpha value is -3.72. The Morgan fingerprint density at radius 3 is 1.35 bits per heavy atom. The van der Waals surface area contributed by atoms with Gasteiger partial charge in [-0.05, 0) is 0 Å². The Morgan fingerprint density at radius 2 is 0.958 bits per heavy atom. The van der Waals surface area contributed by atoms with Crippen LogP contribution < -0.4 is 10.6 Å². The van der Waals surface area contributed by atoms with Crippen LogP contribution in [0.5, 0.6) is 0 Å². The average molecular weight is 715 g/mol. The van der Waals surface area contributed by atoms with Gasteiger partial charge in [0.1, 0.15) is 43.6 Å². The summed E-state index contributed by atoms with van der Waals surface area (Å²) in [5.41, 5.74) is 0. The summed E-state index contributed by atoms with van der Waals surface area (Å²) in [7, 11) is -5.35. The van der Waals surface area contributed by atoms with E-state index in [1.54, 1.807) is 0 Å². The molecular formula is C26H39N2O19P. The first-order chi connectivity index (χ1) is 22.2. The number of rotatable bonds is 13. The van der Waals surface area contributed by atoms with Crippen LogP contribution in [0.1, 0.15) is 48.5 Å². The van der Waals surface area contributed by atoms with Gasteiger partial charge in [-0.3, -0.25) is 38.1 Å². The zero-order valence-electron chi connectivity index (χ0n) is 27.0. The van der Waals surface area contributed by atoms with Gasteiger partial charge in [-0.15, -0.1) is 0 Å². The van der Waals surface area contributed by atoms with Crippen molar-refractivity contribution in [2.45, 2.75) is 110 Å². The summed E-state index contributed by atoms with van der Waals surface area (Å²) in [4.78, 5) is 104. The maximum atomic E-state index is 12.4.